The summed E-state index contributed by atoms with van der Waals surface area (Å²) in [6.45, 7) is 7.27. The van der Waals surface area contributed by atoms with E-state index in [1.807, 2.05) is 0 Å². The van der Waals surface area contributed by atoms with Gasteiger partial charge in [-0.25, -0.2) is 0 Å². The first-order valence-electron chi connectivity index (χ1n) is 3.74. The average Bonchev–Trinajstić information content (AvgIpc) is 2.30. The summed E-state index contributed by atoms with van der Waals surface area (Å²) in [6.07, 6.45) is 2.56. The first-order chi connectivity index (χ1) is 5.54. The third kappa shape index (κ3) is 1.30. The molecule has 1 unspecified atom stereocenters. The molecule has 0 aromatic rings. The Labute approximate surface area is 71.4 Å². The van der Waals surface area contributed by atoms with E-state index in [9.17, 15) is 9.59 Å². The number of nitrogens with zero attached hydrogens (tertiary/aromatic N) is 1. The number of hydrogen-bond donors (Lipinski definition) is 0. The second-order valence-electron chi connectivity index (χ2n) is 2.90. The van der Waals surface area contributed by atoms with Crippen molar-refractivity contribution >= 4 is 11.8 Å². The summed E-state index contributed by atoms with van der Waals surface area (Å²) in [6, 6.07) is -0.208. The van der Waals surface area contributed by atoms with Crippen LogP contribution in [0.4, 0.5) is 0 Å². The van der Waals surface area contributed by atoms with E-state index >= 15 is 0 Å². The van der Waals surface area contributed by atoms with Crippen molar-refractivity contribution in [2.45, 2.75) is 19.9 Å². The molecule has 1 heterocycles. The third-order valence-electron chi connectivity index (χ3n) is 1.94. The Morgan fingerprint density at radius 3 is 2.17 bits per heavy atom. The Balaban J connectivity index is 2.83. The van der Waals surface area contributed by atoms with E-state index in [0.717, 1.165) is 5.57 Å². The lowest BCUT2D eigenvalue weighted by Crippen LogP contribution is -2.38. The minimum absolute atomic E-state index is 0.208. The zero-order valence-electron chi connectivity index (χ0n) is 7.20. The molecule has 1 aliphatic rings. The first-order valence-corrected chi connectivity index (χ1v) is 3.74. The van der Waals surface area contributed by atoms with Gasteiger partial charge >= 0.3 is 0 Å². The third-order valence-corrected chi connectivity index (χ3v) is 1.94. The van der Waals surface area contributed by atoms with Crippen molar-refractivity contribution in [3.63, 3.8) is 0 Å². The molecule has 1 atom stereocenters. The van der Waals surface area contributed by atoms with Crippen LogP contribution in [0.25, 0.3) is 0 Å². The molecule has 0 spiro atoms. The van der Waals surface area contributed by atoms with Gasteiger partial charge in [-0.05, 0) is 13.8 Å². The smallest absolute Gasteiger partial charge is 0.254 e. The van der Waals surface area contributed by atoms with Crippen molar-refractivity contribution in [3.8, 4) is 0 Å². The van der Waals surface area contributed by atoms with E-state index in [2.05, 4.69) is 6.58 Å². The van der Waals surface area contributed by atoms with Crippen molar-refractivity contribution in [2.24, 2.45) is 0 Å². The van der Waals surface area contributed by atoms with Crippen molar-refractivity contribution < 1.29 is 9.59 Å². The van der Waals surface area contributed by atoms with Crippen LogP contribution in [0.15, 0.2) is 24.3 Å². The van der Waals surface area contributed by atoms with Crippen LogP contribution in [0, 0.1) is 0 Å². The van der Waals surface area contributed by atoms with Gasteiger partial charge in [0, 0.05) is 12.2 Å². The van der Waals surface area contributed by atoms with E-state index in [0.29, 0.717) is 0 Å². The molecule has 0 aliphatic carbocycles. The van der Waals surface area contributed by atoms with Crippen molar-refractivity contribution in [3.05, 3.63) is 24.3 Å². The molecule has 1 aliphatic heterocycles. The molecule has 3 heteroatoms. The van der Waals surface area contributed by atoms with Crippen molar-refractivity contribution in [1.82, 2.24) is 4.90 Å². The van der Waals surface area contributed by atoms with E-state index in [1.165, 1.54) is 17.1 Å². The van der Waals surface area contributed by atoms with E-state index in [4.69, 9.17) is 0 Å². The minimum Gasteiger partial charge on any atom is -0.269 e. The van der Waals surface area contributed by atoms with Crippen molar-refractivity contribution in [2.75, 3.05) is 0 Å². The fraction of sp³-hybridized carbons (Fsp3) is 0.333. The Morgan fingerprint density at radius 2 is 1.83 bits per heavy atom. The van der Waals surface area contributed by atoms with Crippen LogP contribution in [0.5, 0.6) is 0 Å². The monoisotopic (exact) mass is 165 g/mol. The largest absolute Gasteiger partial charge is 0.269 e. The molecule has 2 amide bonds. The van der Waals surface area contributed by atoms with Gasteiger partial charge in [0.05, 0.1) is 6.04 Å². The van der Waals surface area contributed by atoms with Crippen LogP contribution in [-0.4, -0.2) is 22.8 Å². The molecule has 0 saturated carbocycles. The molecule has 0 N–H and O–H groups in total. The van der Waals surface area contributed by atoms with Gasteiger partial charge in [-0.2, -0.15) is 0 Å². The predicted octanol–water partition coefficient (Wildman–Crippen LogP) is 0.876. The number of imide groups is 1. The van der Waals surface area contributed by atoms with E-state index in [1.54, 1.807) is 13.8 Å². The zero-order chi connectivity index (χ0) is 9.30. The summed E-state index contributed by atoms with van der Waals surface area (Å²) in [5, 5.41) is 0. The highest BCUT2D eigenvalue weighted by atomic mass is 16.2. The van der Waals surface area contributed by atoms with Gasteiger partial charge in [0.15, 0.2) is 0 Å². The molecule has 12 heavy (non-hydrogen) atoms. The average molecular weight is 165 g/mol. The summed E-state index contributed by atoms with van der Waals surface area (Å²) in [5.74, 6) is -0.508. The maximum atomic E-state index is 11.1. The number of amides is 2. The number of carbonyl (C=O) groups excluding carboxylic acids is 2. The van der Waals surface area contributed by atoms with Crippen LogP contribution in [0.1, 0.15) is 13.8 Å². The molecule has 64 valence electrons. The topological polar surface area (TPSA) is 37.4 Å². The summed E-state index contributed by atoms with van der Waals surface area (Å²) >= 11 is 0. The lowest BCUT2D eigenvalue weighted by atomic mass is 10.1. The highest BCUT2D eigenvalue weighted by molar-refractivity contribution is 6.13. The van der Waals surface area contributed by atoms with Gasteiger partial charge in [0.25, 0.3) is 11.8 Å². The van der Waals surface area contributed by atoms with Crippen LogP contribution in [0.2, 0.25) is 0 Å². The van der Waals surface area contributed by atoms with Gasteiger partial charge < -0.3 is 0 Å². The summed E-state index contributed by atoms with van der Waals surface area (Å²) < 4.78 is 0. The van der Waals surface area contributed by atoms with Gasteiger partial charge in [0.1, 0.15) is 0 Å². The molecule has 0 aromatic carbocycles. The molecule has 0 radical (unpaired) electrons. The van der Waals surface area contributed by atoms with Gasteiger partial charge in [0.2, 0.25) is 0 Å². The Kier molecular flexibility index (Phi) is 2.13. The Morgan fingerprint density at radius 1 is 1.42 bits per heavy atom. The highest BCUT2D eigenvalue weighted by Gasteiger charge is 2.28. The lowest BCUT2D eigenvalue weighted by Gasteiger charge is -2.22. The standard InChI is InChI=1S/C9H11NO2/c1-6(2)7(3)10-8(11)4-5-9(10)12/h4-5,7H,1H2,2-3H3. The molecule has 0 fully saturated rings. The quantitative estimate of drug-likeness (QED) is 0.450. The second kappa shape index (κ2) is 2.93. The summed E-state index contributed by atoms with van der Waals surface area (Å²) in [7, 11) is 0. The second-order valence-corrected chi connectivity index (χ2v) is 2.90. The fourth-order valence-electron chi connectivity index (χ4n) is 1.01. The maximum absolute atomic E-state index is 11.1. The molecule has 0 bridgehead atoms. The first kappa shape index (κ1) is 8.71. The highest BCUT2D eigenvalue weighted by Crippen LogP contribution is 2.13. The minimum atomic E-state index is -0.254. The van der Waals surface area contributed by atoms with Gasteiger partial charge in [-0.1, -0.05) is 12.2 Å². The van der Waals surface area contributed by atoms with E-state index in [-0.39, 0.29) is 17.9 Å². The van der Waals surface area contributed by atoms with Crippen LogP contribution < -0.4 is 0 Å². The van der Waals surface area contributed by atoms with E-state index < -0.39 is 0 Å². The molecule has 0 saturated heterocycles. The predicted molar refractivity (Wildman–Crippen MR) is 45.3 cm³/mol. The molecule has 3 nitrogen and oxygen atoms in total. The maximum Gasteiger partial charge on any atom is 0.254 e. The molecule has 0 aromatic heterocycles. The van der Waals surface area contributed by atoms with Gasteiger partial charge in [-0.3, -0.25) is 14.5 Å². The number of hydrogen-bond acceptors (Lipinski definition) is 2. The van der Waals surface area contributed by atoms with Crippen LogP contribution in [0.3, 0.4) is 0 Å². The fourth-order valence-corrected chi connectivity index (χ4v) is 1.01. The molecular formula is C9H11NO2. The van der Waals surface area contributed by atoms with Crippen molar-refractivity contribution in [1.29, 1.82) is 0 Å². The number of carbonyl (C=O) groups is 2. The van der Waals surface area contributed by atoms with Gasteiger partial charge in [-0.15, -0.1) is 0 Å². The summed E-state index contributed by atoms with van der Waals surface area (Å²) in [5.41, 5.74) is 0.806. The number of rotatable bonds is 2. The molecular weight excluding hydrogens is 154 g/mol. The normalized spacial score (nSPS) is 18.7. The summed E-state index contributed by atoms with van der Waals surface area (Å²) in [4.78, 5) is 23.4. The lowest BCUT2D eigenvalue weighted by molar-refractivity contribution is -0.138. The Hall–Kier alpha value is -1.38. The van der Waals surface area contributed by atoms with Crippen LogP contribution >= 0.6 is 0 Å². The SMILES string of the molecule is C=C(C)C(C)N1C(=O)C=CC1=O. The van der Waals surface area contributed by atoms with Crippen LogP contribution in [-0.2, 0) is 9.59 Å². The Bertz CT molecular complexity index is 260. The zero-order valence-corrected chi connectivity index (χ0v) is 7.20. The molecule has 1 rings (SSSR count).